The quantitative estimate of drug-likeness (QED) is 0.547. The molecule has 2 N–H and O–H groups in total. The van der Waals surface area contributed by atoms with E-state index in [9.17, 15) is 4.79 Å². The van der Waals surface area contributed by atoms with Crippen molar-refractivity contribution in [1.82, 2.24) is 20.3 Å². The molecule has 6 heteroatoms. The van der Waals surface area contributed by atoms with Gasteiger partial charge in [0.15, 0.2) is 0 Å². The van der Waals surface area contributed by atoms with E-state index in [0.717, 1.165) is 36.2 Å². The van der Waals surface area contributed by atoms with Crippen LogP contribution in [0.25, 0.3) is 0 Å². The van der Waals surface area contributed by atoms with Crippen molar-refractivity contribution < 1.29 is 4.79 Å². The van der Waals surface area contributed by atoms with Crippen molar-refractivity contribution in [2.45, 2.75) is 31.6 Å². The predicted molar refractivity (Wildman–Crippen MR) is 107 cm³/mol. The fraction of sp³-hybridized carbons (Fsp3) is 0.286. The molecular weight excluding hydrogens is 360 g/mol. The second-order valence-corrected chi connectivity index (χ2v) is 6.88. The van der Waals surface area contributed by atoms with Crippen molar-refractivity contribution in [3.63, 3.8) is 0 Å². The molecule has 0 saturated carbocycles. The molecule has 1 amide bonds. The number of carbonyl (C=O) groups is 1. The molecule has 0 fully saturated rings. The van der Waals surface area contributed by atoms with E-state index in [1.807, 2.05) is 48.7 Å². The second-order valence-electron chi connectivity index (χ2n) is 6.45. The largest absolute Gasteiger partial charge is 0.356 e. The van der Waals surface area contributed by atoms with Crippen molar-refractivity contribution in [3.05, 3.63) is 83.2 Å². The first-order chi connectivity index (χ1) is 13.2. The Morgan fingerprint density at radius 3 is 2.70 bits per heavy atom. The molecule has 0 aliphatic rings. The number of benzene rings is 1. The maximum atomic E-state index is 12.5. The summed E-state index contributed by atoms with van der Waals surface area (Å²) >= 11 is 6.00. The SMILES string of the molecule is O=C(CC(c1ccc(Cl)cc1)c1ccccn1)NCCCCc1cnc[nH]1. The number of pyridine rings is 1. The number of H-pyrrole nitrogens is 1. The van der Waals surface area contributed by atoms with E-state index >= 15 is 0 Å². The molecule has 5 nitrogen and oxygen atoms in total. The molecule has 2 aromatic heterocycles. The molecule has 0 bridgehead atoms. The monoisotopic (exact) mass is 382 g/mol. The van der Waals surface area contributed by atoms with Gasteiger partial charge >= 0.3 is 0 Å². The van der Waals surface area contributed by atoms with Crippen molar-refractivity contribution >= 4 is 17.5 Å². The molecule has 3 aromatic rings. The summed E-state index contributed by atoms with van der Waals surface area (Å²) in [4.78, 5) is 24.0. The molecular formula is C21H23ClN4O. The van der Waals surface area contributed by atoms with E-state index in [-0.39, 0.29) is 11.8 Å². The van der Waals surface area contributed by atoms with Gasteiger partial charge in [0.25, 0.3) is 0 Å². The molecule has 0 radical (unpaired) electrons. The molecule has 1 unspecified atom stereocenters. The summed E-state index contributed by atoms with van der Waals surface area (Å²) in [6.07, 6.45) is 8.51. The number of nitrogens with zero attached hydrogens (tertiary/aromatic N) is 2. The number of nitrogens with one attached hydrogen (secondary N) is 2. The lowest BCUT2D eigenvalue weighted by molar-refractivity contribution is -0.121. The van der Waals surface area contributed by atoms with E-state index in [1.54, 1.807) is 12.5 Å². The average molecular weight is 383 g/mol. The van der Waals surface area contributed by atoms with Crippen LogP contribution < -0.4 is 5.32 Å². The highest BCUT2D eigenvalue weighted by atomic mass is 35.5. The zero-order valence-electron chi connectivity index (χ0n) is 15.1. The Labute approximate surface area is 164 Å². The topological polar surface area (TPSA) is 70.7 Å². The molecule has 27 heavy (non-hydrogen) atoms. The zero-order chi connectivity index (χ0) is 18.9. The summed E-state index contributed by atoms with van der Waals surface area (Å²) in [6.45, 7) is 0.669. The van der Waals surface area contributed by atoms with Crippen molar-refractivity contribution in [3.8, 4) is 0 Å². The van der Waals surface area contributed by atoms with Crippen molar-refractivity contribution in [1.29, 1.82) is 0 Å². The smallest absolute Gasteiger partial charge is 0.221 e. The Hall–Kier alpha value is -2.66. The third-order valence-electron chi connectivity index (χ3n) is 4.46. The van der Waals surface area contributed by atoms with Crippen LogP contribution in [-0.4, -0.2) is 27.4 Å². The third kappa shape index (κ3) is 5.93. The van der Waals surface area contributed by atoms with Crippen LogP contribution in [0.3, 0.4) is 0 Å². The number of aryl methyl sites for hydroxylation is 1. The highest BCUT2D eigenvalue weighted by Gasteiger charge is 2.19. The number of hydrogen-bond donors (Lipinski definition) is 2. The van der Waals surface area contributed by atoms with E-state index in [2.05, 4.69) is 20.3 Å². The van der Waals surface area contributed by atoms with Gasteiger partial charge in [-0.15, -0.1) is 0 Å². The summed E-state index contributed by atoms with van der Waals surface area (Å²) in [5.41, 5.74) is 3.04. The van der Waals surface area contributed by atoms with Crippen molar-refractivity contribution in [2.24, 2.45) is 0 Å². The number of amides is 1. The molecule has 3 rings (SSSR count). The first-order valence-electron chi connectivity index (χ1n) is 9.12. The fourth-order valence-corrected chi connectivity index (χ4v) is 3.14. The van der Waals surface area contributed by atoms with E-state index in [0.29, 0.717) is 18.0 Å². The van der Waals surface area contributed by atoms with Gasteiger partial charge < -0.3 is 10.3 Å². The molecule has 0 saturated heterocycles. The number of hydrogen-bond acceptors (Lipinski definition) is 3. The first kappa shape index (κ1) is 19.1. The van der Waals surface area contributed by atoms with Crippen molar-refractivity contribution in [2.75, 3.05) is 6.54 Å². The van der Waals surface area contributed by atoms with Crippen LogP contribution in [0.4, 0.5) is 0 Å². The number of aromatic nitrogens is 3. The molecule has 140 valence electrons. The van der Waals surface area contributed by atoms with Gasteiger partial charge in [-0.2, -0.15) is 0 Å². The van der Waals surface area contributed by atoms with Crippen LogP contribution >= 0.6 is 11.6 Å². The standard InChI is InChI=1S/C21H23ClN4O/c22-17-9-7-16(8-10-17)19(20-6-2-4-11-24-20)13-21(27)25-12-3-1-5-18-14-23-15-26-18/h2,4,6-11,14-15,19H,1,3,5,12-13H2,(H,23,26)(H,25,27). The Kier molecular flexibility index (Phi) is 6.99. The van der Waals surface area contributed by atoms with Gasteiger partial charge in [0.1, 0.15) is 0 Å². The minimum Gasteiger partial charge on any atom is -0.356 e. The Morgan fingerprint density at radius 1 is 1.15 bits per heavy atom. The van der Waals surface area contributed by atoms with E-state index in [1.165, 1.54) is 0 Å². The van der Waals surface area contributed by atoms with E-state index in [4.69, 9.17) is 11.6 Å². The summed E-state index contributed by atoms with van der Waals surface area (Å²) in [7, 11) is 0. The zero-order valence-corrected chi connectivity index (χ0v) is 15.8. The summed E-state index contributed by atoms with van der Waals surface area (Å²) < 4.78 is 0. The van der Waals surface area contributed by atoms with Gasteiger partial charge in [-0.05, 0) is 49.1 Å². The average Bonchev–Trinajstić information content (AvgIpc) is 3.21. The predicted octanol–water partition coefficient (Wildman–Crippen LogP) is 4.12. The number of aromatic amines is 1. The molecule has 0 aliphatic carbocycles. The number of imidazole rings is 1. The third-order valence-corrected chi connectivity index (χ3v) is 4.71. The van der Waals surface area contributed by atoms with Gasteiger partial charge in [0.2, 0.25) is 5.91 Å². The maximum absolute atomic E-state index is 12.5. The fourth-order valence-electron chi connectivity index (χ4n) is 3.02. The minimum absolute atomic E-state index is 0.0298. The van der Waals surface area contributed by atoms with E-state index < -0.39 is 0 Å². The van der Waals surface area contributed by atoms with Crippen LogP contribution in [0.2, 0.25) is 5.02 Å². The Balaban J connectivity index is 1.53. The summed E-state index contributed by atoms with van der Waals surface area (Å²) in [5.74, 6) is -0.0596. The summed E-state index contributed by atoms with van der Waals surface area (Å²) in [6, 6.07) is 13.4. The lowest BCUT2D eigenvalue weighted by Gasteiger charge is -2.17. The van der Waals surface area contributed by atoms with Crippen LogP contribution in [0.5, 0.6) is 0 Å². The number of carbonyl (C=O) groups excluding carboxylic acids is 1. The molecule has 0 aliphatic heterocycles. The highest BCUT2D eigenvalue weighted by molar-refractivity contribution is 6.30. The van der Waals surface area contributed by atoms with Gasteiger partial charge in [-0.3, -0.25) is 9.78 Å². The normalized spacial score (nSPS) is 11.9. The van der Waals surface area contributed by atoms with Crippen LogP contribution in [0, 0.1) is 0 Å². The van der Waals surface area contributed by atoms with Gasteiger partial charge in [0.05, 0.1) is 6.33 Å². The lowest BCUT2D eigenvalue weighted by atomic mass is 9.91. The van der Waals surface area contributed by atoms with Crippen LogP contribution in [0.15, 0.2) is 61.2 Å². The number of halogens is 1. The minimum atomic E-state index is -0.0894. The van der Waals surface area contributed by atoms with Gasteiger partial charge in [-0.1, -0.05) is 29.8 Å². The maximum Gasteiger partial charge on any atom is 0.221 e. The Morgan fingerprint density at radius 2 is 2.00 bits per heavy atom. The number of rotatable bonds is 9. The van der Waals surface area contributed by atoms with Gasteiger partial charge in [0, 0.05) is 47.7 Å². The molecule has 1 aromatic carbocycles. The second kappa shape index (κ2) is 9.88. The van der Waals surface area contributed by atoms with Crippen LogP contribution in [0.1, 0.15) is 42.1 Å². The molecule has 2 heterocycles. The molecule has 1 atom stereocenters. The highest BCUT2D eigenvalue weighted by Crippen LogP contribution is 2.27. The summed E-state index contributed by atoms with van der Waals surface area (Å²) in [5, 5.41) is 3.71. The number of unbranched alkanes of at least 4 members (excludes halogenated alkanes) is 1. The molecule has 0 spiro atoms. The van der Waals surface area contributed by atoms with Crippen LogP contribution in [-0.2, 0) is 11.2 Å². The Bertz CT molecular complexity index is 819. The first-order valence-corrected chi connectivity index (χ1v) is 9.50. The lowest BCUT2D eigenvalue weighted by Crippen LogP contribution is -2.26. The van der Waals surface area contributed by atoms with Gasteiger partial charge in [-0.25, -0.2) is 4.98 Å².